The molecule has 0 saturated carbocycles. The molecule has 0 bridgehead atoms. The van der Waals surface area contributed by atoms with Crippen molar-refractivity contribution < 1.29 is 28.5 Å². The fraction of sp³-hybridized carbons (Fsp3) is 0.467. The second-order valence-corrected chi connectivity index (χ2v) is 4.56. The Morgan fingerprint density at radius 1 is 1.24 bits per heavy atom. The van der Waals surface area contributed by atoms with E-state index >= 15 is 0 Å². The van der Waals surface area contributed by atoms with E-state index in [1.54, 1.807) is 12.1 Å². The molecule has 0 atom stereocenters. The zero-order valence-corrected chi connectivity index (χ0v) is 12.1. The maximum atomic E-state index is 12.1. The van der Waals surface area contributed by atoms with Crippen LogP contribution in [0.3, 0.4) is 0 Å². The Morgan fingerprint density at radius 3 is 2.76 bits per heavy atom. The van der Waals surface area contributed by atoms with Gasteiger partial charge in [-0.3, -0.25) is 9.59 Å². The molecule has 6 heteroatoms. The molecule has 0 radical (unpaired) electrons. The standard InChI is InChI=1S/C15H18O6/c1-3-6-19-14(17)5-4-11(16)10-7-12(18-2)15-13(8-10)20-9-21-15/h7-8H,3-6,9H2,1-2H3. The molecule has 0 aromatic heterocycles. The number of hydrogen-bond acceptors (Lipinski definition) is 6. The maximum absolute atomic E-state index is 12.1. The normalized spacial score (nSPS) is 12.1. The molecule has 1 aliphatic rings. The second-order valence-electron chi connectivity index (χ2n) is 4.56. The third-order valence-electron chi connectivity index (χ3n) is 3.00. The molecule has 1 aliphatic heterocycles. The lowest BCUT2D eigenvalue weighted by Crippen LogP contribution is -2.09. The molecule has 6 nitrogen and oxygen atoms in total. The number of ketones is 1. The molecule has 0 spiro atoms. The van der Waals surface area contributed by atoms with Crippen LogP contribution in [0.1, 0.15) is 36.5 Å². The molecule has 0 amide bonds. The molecule has 0 saturated heterocycles. The molecular formula is C15H18O6. The number of hydrogen-bond donors (Lipinski definition) is 0. The van der Waals surface area contributed by atoms with Gasteiger partial charge in [0.25, 0.3) is 0 Å². The average molecular weight is 294 g/mol. The topological polar surface area (TPSA) is 71.1 Å². The van der Waals surface area contributed by atoms with E-state index in [0.717, 1.165) is 6.42 Å². The van der Waals surface area contributed by atoms with E-state index in [9.17, 15) is 9.59 Å². The molecular weight excluding hydrogens is 276 g/mol. The summed E-state index contributed by atoms with van der Waals surface area (Å²) in [4.78, 5) is 23.5. The van der Waals surface area contributed by atoms with Crippen LogP contribution in [0.5, 0.6) is 17.2 Å². The first kappa shape index (κ1) is 15.2. The Morgan fingerprint density at radius 2 is 2.05 bits per heavy atom. The Kier molecular flexibility index (Phi) is 5.03. The van der Waals surface area contributed by atoms with Gasteiger partial charge in [-0.2, -0.15) is 0 Å². The quantitative estimate of drug-likeness (QED) is 0.568. The van der Waals surface area contributed by atoms with Crippen molar-refractivity contribution >= 4 is 11.8 Å². The summed E-state index contributed by atoms with van der Waals surface area (Å²) in [5, 5.41) is 0. The van der Waals surface area contributed by atoms with Crippen LogP contribution in [0.2, 0.25) is 0 Å². The number of carbonyl (C=O) groups is 2. The van der Waals surface area contributed by atoms with E-state index in [-0.39, 0.29) is 31.4 Å². The van der Waals surface area contributed by atoms with Crippen molar-refractivity contribution in [3.05, 3.63) is 17.7 Å². The van der Waals surface area contributed by atoms with Gasteiger partial charge in [0.1, 0.15) is 0 Å². The Balaban J connectivity index is 2.01. The highest BCUT2D eigenvalue weighted by Gasteiger charge is 2.22. The number of esters is 1. The predicted molar refractivity (Wildman–Crippen MR) is 73.9 cm³/mol. The maximum Gasteiger partial charge on any atom is 0.306 e. The molecule has 0 unspecified atom stereocenters. The van der Waals surface area contributed by atoms with Crippen LogP contribution >= 0.6 is 0 Å². The number of Topliss-reactive ketones (excluding diaryl/α,β-unsaturated/α-hetero) is 1. The molecule has 114 valence electrons. The lowest BCUT2D eigenvalue weighted by atomic mass is 10.1. The lowest BCUT2D eigenvalue weighted by molar-refractivity contribution is -0.143. The van der Waals surface area contributed by atoms with Gasteiger partial charge >= 0.3 is 5.97 Å². The van der Waals surface area contributed by atoms with Crippen LogP contribution in [0.25, 0.3) is 0 Å². The number of carbonyl (C=O) groups excluding carboxylic acids is 2. The molecule has 1 heterocycles. The van der Waals surface area contributed by atoms with Gasteiger partial charge in [0.05, 0.1) is 20.1 Å². The summed E-state index contributed by atoms with van der Waals surface area (Å²) in [7, 11) is 1.49. The van der Waals surface area contributed by atoms with Gasteiger partial charge in [-0.05, 0) is 18.6 Å². The minimum absolute atomic E-state index is 0.0651. The van der Waals surface area contributed by atoms with E-state index in [4.69, 9.17) is 18.9 Å². The average Bonchev–Trinajstić information content (AvgIpc) is 2.97. The molecule has 1 aromatic rings. The first-order valence-electron chi connectivity index (χ1n) is 6.82. The summed E-state index contributed by atoms with van der Waals surface area (Å²) in [5.74, 6) is 0.891. The number of benzene rings is 1. The fourth-order valence-electron chi connectivity index (χ4n) is 1.94. The second kappa shape index (κ2) is 6.97. The van der Waals surface area contributed by atoms with Crippen molar-refractivity contribution in [1.29, 1.82) is 0 Å². The van der Waals surface area contributed by atoms with Crippen LogP contribution < -0.4 is 14.2 Å². The van der Waals surface area contributed by atoms with Crippen molar-refractivity contribution in [1.82, 2.24) is 0 Å². The lowest BCUT2D eigenvalue weighted by Gasteiger charge is -2.07. The van der Waals surface area contributed by atoms with Crippen LogP contribution in [0.15, 0.2) is 12.1 Å². The van der Waals surface area contributed by atoms with Crippen LogP contribution in [0, 0.1) is 0 Å². The van der Waals surface area contributed by atoms with Gasteiger partial charge in [0.15, 0.2) is 17.3 Å². The van der Waals surface area contributed by atoms with E-state index in [2.05, 4.69) is 0 Å². The third-order valence-corrected chi connectivity index (χ3v) is 3.00. The van der Waals surface area contributed by atoms with Gasteiger partial charge in [0, 0.05) is 12.0 Å². The molecule has 1 aromatic carbocycles. The van der Waals surface area contributed by atoms with Gasteiger partial charge in [-0.1, -0.05) is 6.92 Å². The van der Waals surface area contributed by atoms with Crippen molar-refractivity contribution in [3.63, 3.8) is 0 Å². The van der Waals surface area contributed by atoms with E-state index in [0.29, 0.717) is 29.4 Å². The number of methoxy groups -OCH3 is 1. The number of ether oxygens (including phenoxy) is 4. The Bertz CT molecular complexity index is 537. The summed E-state index contributed by atoms with van der Waals surface area (Å²) < 4.78 is 20.6. The summed E-state index contributed by atoms with van der Waals surface area (Å²) in [5.41, 5.74) is 0.430. The summed E-state index contributed by atoms with van der Waals surface area (Å²) in [6.07, 6.45) is 0.917. The van der Waals surface area contributed by atoms with E-state index < -0.39 is 0 Å². The zero-order valence-electron chi connectivity index (χ0n) is 12.1. The van der Waals surface area contributed by atoms with E-state index in [1.165, 1.54) is 7.11 Å². The summed E-state index contributed by atoms with van der Waals surface area (Å²) >= 11 is 0. The number of fused-ring (bicyclic) bond motifs is 1. The van der Waals surface area contributed by atoms with Crippen LogP contribution in [-0.4, -0.2) is 32.3 Å². The van der Waals surface area contributed by atoms with Gasteiger partial charge in [-0.15, -0.1) is 0 Å². The summed E-state index contributed by atoms with van der Waals surface area (Å²) in [6, 6.07) is 3.19. The molecule has 0 fully saturated rings. The largest absolute Gasteiger partial charge is 0.493 e. The van der Waals surface area contributed by atoms with Gasteiger partial charge in [0.2, 0.25) is 12.5 Å². The molecule has 0 aliphatic carbocycles. The Labute approximate surface area is 122 Å². The number of rotatable bonds is 7. The minimum atomic E-state index is -0.363. The van der Waals surface area contributed by atoms with Crippen molar-refractivity contribution in [3.8, 4) is 17.2 Å². The van der Waals surface area contributed by atoms with E-state index in [1.807, 2.05) is 6.92 Å². The highest BCUT2D eigenvalue weighted by Crippen LogP contribution is 2.42. The first-order chi connectivity index (χ1) is 10.2. The Hall–Kier alpha value is -2.24. The molecule has 0 N–H and O–H groups in total. The van der Waals surface area contributed by atoms with Crippen molar-refractivity contribution in [2.75, 3.05) is 20.5 Å². The van der Waals surface area contributed by atoms with Crippen LogP contribution in [-0.2, 0) is 9.53 Å². The van der Waals surface area contributed by atoms with Crippen molar-refractivity contribution in [2.45, 2.75) is 26.2 Å². The zero-order chi connectivity index (χ0) is 15.2. The monoisotopic (exact) mass is 294 g/mol. The predicted octanol–water partition coefficient (Wildman–Crippen LogP) is 2.34. The summed E-state index contributed by atoms with van der Waals surface area (Å²) in [6.45, 7) is 2.40. The highest BCUT2D eigenvalue weighted by molar-refractivity contribution is 5.98. The fourth-order valence-corrected chi connectivity index (χ4v) is 1.94. The SMILES string of the molecule is CCCOC(=O)CCC(=O)c1cc(OC)c2c(c1)OCO2. The highest BCUT2D eigenvalue weighted by atomic mass is 16.7. The third kappa shape index (κ3) is 3.65. The first-order valence-corrected chi connectivity index (χ1v) is 6.82. The van der Waals surface area contributed by atoms with Crippen molar-refractivity contribution in [2.24, 2.45) is 0 Å². The van der Waals surface area contributed by atoms with Gasteiger partial charge in [-0.25, -0.2) is 0 Å². The molecule has 2 rings (SSSR count). The smallest absolute Gasteiger partial charge is 0.306 e. The minimum Gasteiger partial charge on any atom is -0.493 e. The van der Waals surface area contributed by atoms with Gasteiger partial charge < -0.3 is 18.9 Å². The van der Waals surface area contributed by atoms with Crippen LogP contribution in [0.4, 0.5) is 0 Å². The molecule has 21 heavy (non-hydrogen) atoms.